The van der Waals surface area contributed by atoms with Gasteiger partial charge in [-0.1, -0.05) is 18.2 Å². The molecule has 3 N–H and O–H groups in total. The Morgan fingerprint density at radius 2 is 1.96 bits per heavy atom. The zero-order chi connectivity index (χ0) is 18.5. The predicted octanol–water partition coefficient (Wildman–Crippen LogP) is 2.50. The molecule has 138 valence electrons. The van der Waals surface area contributed by atoms with Crippen molar-refractivity contribution in [2.24, 2.45) is 5.73 Å². The maximum Gasteiger partial charge on any atom is 0.312 e. The molecule has 1 aliphatic heterocycles. The van der Waals surface area contributed by atoms with Crippen LogP contribution in [0, 0.1) is 6.92 Å². The van der Waals surface area contributed by atoms with Gasteiger partial charge in [-0.05, 0) is 36.1 Å². The number of carbonyl (C=O) groups is 2. The van der Waals surface area contributed by atoms with Gasteiger partial charge >= 0.3 is 6.03 Å². The minimum atomic E-state index is -0.611. The zero-order valence-corrected chi connectivity index (χ0v) is 15.7. The zero-order valence-electron chi connectivity index (χ0n) is 14.9. The second kappa shape index (κ2) is 8.23. The summed E-state index contributed by atoms with van der Waals surface area (Å²) in [6.07, 6.45) is 0.230. The number of amides is 3. The maximum atomic E-state index is 12.7. The number of rotatable bonds is 5. The number of urea groups is 1. The second-order valence-electron chi connectivity index (χ2n) is 6.49. The highest BCUT2D eigenvalue weighted by atomic mass is 32.1. The molecule has 3 rings (SSSR count). The van der Waals surface area contributed by atoms with Gasteiger partial charge in [-0.2, -0.15) is 0 Å². The lowest BCUT2D eigenvalue weighted by Gasteiger charge is -2.36. The molecule has 1 saturated heterocycles. The Hall–Kier alpha value is -2.54. The molecule has 1 aromatic heterocycles. The number of carbonyl (C=O) groups excluding carboxylic acids is 2. The van der Waals surface area contributed by atoms with Crippen LogP contribution < -0.4 is 16.0 Å². The number of nitrogens with zero attached hydrogens (tertiary/aromatic N) is 2. The van der Waals surface area contributed by atoms with Crippen molar-refractivity contribution in [1.29, 1.82) is 0 Å². The number of hydrogen-bond donors (Lipinski definition) is 2. The molecule has 1 unspecified atom stereocenters. The molecular formula is C19H24N4O2S. The SMILES string of the molecule is Cc1cccc(N2CCN(C(=O)CC(NC(N)=O)c3cccs3)CC2)c1. The number of nitrogens with two attached hydrogens (primary N) is 1. The molecule has 1 atom stereocenters. The molecule has 0 bridgehead atoms. The number of primary amides is 1. The fourth-order valence-corrected chi connectivity index (χ4v) is 4.00. The van der Waals surface area contributed by atoms with Crippen molar-refractivity contribution in [2.45, 2.75) is 19.4 Å². The summed E-state index contributed by atoms with van der Waals surface area (Å²) >= 11 is 1.51. The van der Waals surface area contributed by atoms with E-state index in [1.165, 1.54) is 22.6 Å². The summed E-state index contributed by atoms with van der Waals surface area (Å²) in [4.78, 5) is 29.1. The first-order valence-electron chi connectivity index (χ1n) is 8.71. The number of aryl methyl sites for hydroxylation is 1. The van der Waals surface area contributed by atoms with Gasteiger partial charge in [0, 0.05) is 36.7 Å². The van der Waals surface area contributed by atoms with E-state index in [0.29, 0.717) is 13.1 Å². The average Bonchev–Trinajstić information content (AvgIpc) is 3.15. The van der Waals surface area contributed by atoms with Crippen LogP contribution in [-0.4, -0.2) is 43.0 Å². The van der Waals surface area contributed by atoms with E-state index in [1.807, 2.05) is 22.4 Å². The molecule has 2 aromatic rings. The van der Waals surface area contributed by atoms with Crippen LogP contribution in [0.4, 0.5) is 10.5 Å². The van der Waals surface area contributed by atoms with Crippen LogP contribution in [-0.2, 0) is 4.79 Å². The lowest BCUT2D eigenvalue weighted by molar-refractivity contribution is -0.132. The second-order valence-corrected chi connectivity index (χ2v) is 7.47. The molecule has 6 nitrogen and oxygen atoms in total. The molecule has 1 aromatic carbocycles. The van der Waals surface area contributed by atoms with Crippen molar-refractivity contribution in [3.8, 4) is 0 Å². The summed E-state index contributed by atoms with van der Waals surface area (Å²) < 4.78 is 0. The van der Waals surface area contributed by atoms with Gasteiger partial charge in [-0.3, -0.25) is 4.79 Å². The predicted molar refractivity (Wildman–Crippen MR) is 104 cm³/mol. The van der Waals surface area contributed by atoms with Gasteiger partial charge < -0.3 is 20.9 Å². The third-order valence-electron chi connectivity index (χ3n) is 4.58. The largest absolute Gasteiger partial charge is 0.368 e. The van der Waals surface area contributed by atoms with Crippen LogP contribution in [0.3, 0.4) is 0 Å². The molecule has 3 amide bonds. The van der Waals surface area contributed by atoms with Crippen LogP contribution >= 0.6 is 11.3 Å². The van der Waals surface area contributed by atoms with Crippen LogP contribution in [0.1, 0.15) is 22.9 Å². The van der Waals surface area contributed by atoms with Crippen molar-refractivity contribution in [3.05, 3.63) is 52.2 Å². The van der Waals surface area contributed by atoms with E-state index in [1.54, 1.807) is 0 Å². The quantitative estimate of drug-likeness (QED) is 0.846. The standard InChI is InChI=1S/C19H24N4O2S/c1-14-4-2-5-15(12-14)22-7-9-23(10-8-22)18(24)13-16(21-19(20)25)17-6-3-11-26-17/h2-6,11-12,16H,7-10,13H2,1H3,(H3,20,21,25). The molecule has 0 saturated carbocycles. The summed E-state index contributed by atoms with van der Waals surface area (Å²) in [5, 5.41) is 4.61. The average molecular weight is 372 g/mol. The minimum absolute atomic E-state index is 0.0426. The van der Waals surface area contributed by atoms with E-state index < -0.39 is 6.03 Å². The first-order chi connectivity index (χ1) is 12.5. The number of anilines is 1. The molecule has 1 fully saturated rings. The Balaban J connectivity index is 1.58. The molecule has 2 heterocycles. The van der Waals surface area contributed by atoms with Crippen molar-refractivity contribution in [2.75, 3.05) is 31.1 Å². The van der Waals surface area contributed by atoms with Gasteiger partial charge in [-0.25, -0.2) is 4.79 Å². The summed E-state index contributed by atoms with van der Waals surface area (Å²) in [5.74, 6) is 0.0426. The van der Waals surface area contributed by atoms with E-state index in [-0.39, 0.29) is 18.4 Å². The Kier molecular flexibility index (Phi) is 5.78. The van der Waals surface area contributed by atoms with Crippen molar-refractivity contribution in [3.63, 3.8) is 0 Å². The number of thiophene rings is 1. The maximum absolute atomic E-state index is 12.7. The Morgan fingerprint density at radius 3 is 2.58 bits per heavy atom. The van der Waals surface area contributed by atoms with Gasteiger partial charge in [0.25, 0.3) is 0 Å². The molecular weight excluding hydrogens is 348 g/mol. The number of nitrogens with one attached hydrogen (secondary N) is 1. The van der Waals surface area contributed by atoms with E-state index in [0.717, 1.165) is 18.0 Å². The lowest BCUT2D eigenvalue weighted by Crippen LogP contribution is -2.49. The highest BCUT2D eigenvalue weighted by Crippen LogP contribution is 2.24. The van der Waals surface area contributed by atoms with Crippen molar-refractivity contribution in [1.82, 2.24) is 10.2 Å². The van der Waals surface area contributed by atoms with Crippen LogP contribution in [0.15, 0.2) is 41.8 Å². The van der Waals surface area contributed by atoms with Crippen LogP contribution in [0.25, 0.3) is 0 Å². The first-order valence-corrected chi connectivity index (χ1v) is 9.59. The number of hydrogen-bond acceptors (Lipinski definition) is 4. The monoisotopic (exact) mass is 372 g/mol. The van der Waals surface area contributed by atoms with Crippen molar-refractivity contribution >= 4 is 29.0 Å². The van der Waals surface area contributed by atoms with Gasteiger partial charge in [0.1, 0.15) is 0 Å². The summed E-state index contributed by atoms with van der Waals surface area (Å²) in [6.45, 7) is 5.06. The Labute approximate surface area is 157 Å². The van der Waals surface area contributed by atoms with Gasteiger partial charge in [-0.15, -0.1) is 11.3 Å². The molecule has 0 aliphatic carbocycles. The first kappa shape index (κ1) is 18.3. The highest BCUT2D eigenvalue weighted by Gasteiger charge is 2.25. The molecule has 1 aliphatic rings. The smallest absolute Gasteiger partial charge is 0.312 e. The Bertz CT molecular complexity index is 755. The van der Waals surface area contributed by atoms with Crippen molar-refractivity contribution < 1.29 is 9.59 Å². The number of benzene rings is 1. The van der Waals surface area contributed by atoms with Gasteiger partial charge in [0.2, 0.25) is 5.91 Å². The van der Waals surface area contributed by atoms with Crippen LogP contribution in [0.5, 0.6) is 0 Å². The third-order valence-corrected chi connectivity index (χ3v) is 5.57. The normalized spacial score (nSPS) is 15.6. The van der Waals surface area contributed by atoms with Gasteiger partial charge in [0.15, 0.2) is 0 Å². The third kappa shape index (κ3) is 4.54. The number of piperazine rings is 1. The van der Waals surface area contributed by atoms with Gasteiger partial charge in [0.05, 0.1) is 12.5 Å². The van der Waals surface area contributed by atoms with E-state index in [4.69, 9.17) is 5.73 Å². The summed E-state index contributed by atoms with van der Waals surface area (Å²) in [7, 11) is 0. The van der Waals surface area contributed by atoms with Crippen LogP contribution in [0.2, 0.25) is 0 Å². The van der Waals surface area contributed by atoms with E-state index in [9.17, 15) is 9.59 Å². The fourth-order valence-electron chi connectivity index (χ4n) is 3.23. The summed E-state index contributed by atoms with van der Waals surface area (Å²) in [5.41, 5.74) is 7.70. The van der Waals surface area contributed by atoms with E-state index in [2.05, 4.69) is 41.4 Å². The molecule has 0 radical (unpaired) electrons. The molecule has 7 heteroatoms. The fraction of sp³-hybridized carbons (Fsp3) is 0.368. The molecule has 0 spiro atoms. The van der Waals surface area contributed by atoms with E-state index >= 15 is 0 Å². The minimum Gasteiger partial charge on any atom is -0.368 e. The highest BCUT2D eigenvalue weighted by molar-refractivity contribution is 7.10. The topological polar surface area (TPSA) is 78.7 Å². The Morgan fingerprint density at radius 1 is 1.19 bits per heavy atom. The molecule has 26 heavy (non-hydrogen) atoms. The lowest BCUT2D eigenvalue weighted by atomic mass is 10.1. The summed E-state index contributed by atoms with van der Waals surface area (Å²) in [6, 6.07) is 11.3.